The Morgan fingerprint density at radius 3 is 2.41 bits per heavy atom. The van der Waals surface area contributed by atoms with Gasteiger partial charge in [0.25, 0.3) is 0 Å². The highest BCUT2D eigenvalue weighted by Crippen LogP contribution is 2.40. The molecule has 0 spiro atoms. The van der Waals surface area contributed by atoms with Crippen molar-refractivity contribution in [3.8, 4) is 11.4 Å². The van der Waals surface area contributed by atoms with Gasteiger partial charge in [-0.2, -0.15) is 14.9 Å². The van der Waals surface area contributed by atoms with Crippen LogP contribution in [0.3, 0.4) is 0 Å². The number of nitrogens with zero attached hydrogens (tertiary/aromatic N) is 5. The first-order chi connectivity index (χ1) is 16.3. The van der Waals surface area contributed by atoms with E-state index in [0.29, 0.717) is 24.9 Å². The number of benzene rings is 1. The van der Waals surface area contributed by atoms with Crippen molar-refractivity contribution >= 4 is 12.0 Å². The zero-order valence-corrected chi connectivity index (χ0v) is 19.6. The average molecular weight is 464 g/mol. The number of hydrogen-bond donors (Lipinski definition) is 0. The molecule has 34 heavy (non-hydrogen) atoms. The van der Waals surface area contributed by atoms with Crippen molar-refractivity contribution in [1.82, 2.24) is 24.5 Å². The second kappa shape index (κ2) is 8.62. The van der Waals surface area contributed by atoms with Crippen molar-refractivity contribution in [3.05, 3.63) is 60.7 Å². The van der Waals surface area contributed by atoms with Gasteiger partial charge in [-0.05, 0) is 69.7 Å². The molecule has 2 aliphatic rings. The predicted octanol–water partition coefficient (Wildman–Crippen LogP) is 3.78. The predicted molar refractivity (Wildman–Crippen MR) is 124 cm³/mol. The Kier molecular flexibility index (Phi) is 5.63. The fraction of sp³-hybridized carbons (Fsp3) is 0.440. The molecule has 1 saturated carbocycles. The Hall–Kier alpha value is -3.62. The summed E-state index contributed by atoms with van der Waals surface area (Å²) in [6.07, 6.45) is 7.06. The van der Waals surface area contributed by atoms with Crippen LogP contribution in [-0.2, 0) is 4.74 Å². The standard InChI is InChI=1S/C25H29N5O4/c1-25(2,3)34-23(31)20-9-12-30(27-20)24(32)28-15-17-13-19(14-18(17)16-28)33-22-8-5-4-7-21(22)29-11-6-10-26-29/h4-12,17-19H,13-16H2,1-3H3. The lowest BCUT2D eigenvalue weighted by Crippen LogP contribution is -2.35. The summed E-state index contributed by atoms with van der Waals surface area (Å²) in [4.78, 5) is 27.0. The number of hydrogen-bond acceptors (Lipinski definition) is 6. The number of carbonyl (C=O) groups excluding carboxylic acids is 2. The smallest absolute Gasteiger partial charge is 0.359 e. The van der Waals surface area contributed by atoms with E-state index < -0.39 is 11.6 Å². The van der Waals surface area contributed by atoms with Crippen LogP contribution in [0.1, 0.15) is 44.1 Å². The number of rotatable bonds is 4. The lowest BCUT2D eigenvalue weighted by molar-refractivity contribution is 0.00623. The van der Waals surface area contributed by atoms with Gasteiger partial charge in [0.1, 0.15) is 17.0 Å². The van der Waals surface area contributed by atoms with Crippen LogP contribution in [0.15, 0.2) is 55.0 Å². The molecule has 2 aromatic heterocycles. The molecule has 1 aliphatic carbocycles. The van der Waals surface area contributed by atoms with Gasteiger partial charge in [0.05, 0.1) is 6.10 Å². The van der Waals surface area contributed by atoms with Crippen LogP contribution in [0, 0.1) is 11.8 Å². The summed E-state index contributed by atoms with van der Waals surface area (Å²) in [6, 6.07) is 11.1. The van der Waals surface area contributed by atoms with E-state index in [1.165, 1.54) is 16.9 Å². The van der Waals surface area contributed by atoms with Crippen LogP contribution in [0.25, 0.3) is 5.69 Å². The number of ether oxygens (including phenoxy) is 2. The zero-order chi connectivity index (χ0) is 23.9. The summed E-state index contributed by atoms with van der Waals surface area (Å²) in [5, 5.41) is 8.48. The summed E-state index contributed by atoms with van der Waals surface area (Å²) >= 11 is 0. The molecule has 0 N–H and O–H groups in total. The van der Waals surface area contributed by atoms with Crippen LogP contribution in [0.4, 0.5) is 4.79 Å². The molecular formula is C25H29N5O4. The number of likely N-dealkylation sites (tertiary alicyclic amines) is 1. The van der Waals surface area contributed by atoms with Gasteiger partial charge >= 0.3 is 12.0 Å². The van der Waals surface area contributed by atoms with Gasteiger partial charge in [-0.15, -0.1) is 0 Å². The van der Waals surface area contributed by atoms with Crippen molar-refractivity contribution < 1.29 is 19.1 Å². The van der Waals surface area contributed by atoms with Gasteiger partial charge < -0.3 is 14.4 Å². The maximum atomic E-state index is 13.0. The van der Waals surface area contributed by atoms with Crippen molar-refractivity contribution in [2.24, 2.45) is 11.8 Å². The summed E-state index contributed by atoms with van der Waals surface area (Å²) in [5.74, 6) is 1.04. The molecule has 2 unspecified atom stereocenters. The van der Waals surface area contributed by atoms with E-state index in [4.69, 9.17) is 9.47 Å². The monoisotopic (exact) mass is 463 g/mol. The molecule has 9 heteroatoms. The van der Waals surface area contributed by atoms with Crippen LogP contribution < -0.4 is 4.74 Å². The first-order valence-corrected chi connectivity index (χ1v) is 11.6. The largest absolute Gasteiger partial charge is 0.488 e. The molecule has 2 atom stereocenters. The van der Waals surface area contributed by atoms with Gasteiger partial charge in [-0.3, -0.25) is 0 Å². The summed E-state index contributed by atoms with van der Waals surface area (Å²) < 4.78 is 14.8. The molecule has 1 amide bonds. The van der Waals surface area contributed by atoms with Gasteiger partial charge in [0.2, 0.25) is 0 Å². The van der Waals surface area contributed by atoms with Crippen molar-refractivity contribution in [3.63, 3.8) is 0 Å². The highest BCUT2D eigenvalue weighted by Gasteiger charge is 2.44. The maximum Gasteiger partial charge on any atom is 0.359 e. The number of para-hydroxylation sites is 2. The molecule has 1 aliphatic heterocycles. The van der Waals surface area contributed by atoms with Crippen LogP contribution >= 0.6 is 0 Å². The zero-order valence-electron chi connectivity index (χ0n) is 19.6. The molecule has 0 bridgehead atoms. The molecule has 0 radical (unpaired) electrons. The Morgan fingerprint density at radius 2 is 1.74 bits per heavy atom. The second-order valence-electron chi connectivity index (χ2n) is 9.98. The van der Waals surface area contributed by atoms with Gasteiger partial charge in [0.15, 0.2) is 5.69 Å². The third-order valence-electron chi connectivity index (χ3n) is 6.28. The van der Waals surface area contributed by atoms with E-state index in [-0.39, 0.29) is 17.8 Å². The fourth-order valence-electron chi connectivity index (χ4n) is 4.85. The minimum Gasteiger partial charge on any atom is -0.488 e. The lowest BCUT2D eigenvalue weighted by atomic mass is 10.0. The number of fused-ring (bicyclic) bond motifs is 1. The number of aromatic nitrogens is 4. The van der Waals surface area contributed by atoms with Crippen molar-refractivity contribution in [1.29, 1.82) is 0 Å². The molecule has 9 nitrogen and oxygen atoms in total. The molecule has 5 rings (SSSR count). The van der Waals surface area contributed by atoms with Gasteiger partial charge in [-0.25, -0.2) is 14.3 Å². The number of amides is 1. The molecule has 3 heterocycles. The molecule has 2 fully saturated rings. The Labute approximate surface area is 198 Å². The minimum atomic E-state index is -0.616. The van der Waals surface area contributed by atoms with E-state index in [0.717, 1.165) is 24.3 Å². The topological polar surface area (TPSA) is 91.5 Å². The van der Waals surface area contributed by atoms with E-state index in [1.807, 2.05) is 41.4 Å². The first kappa shape index (κ1) is 22.2. The van der Waals surface area contributed by atoms with E-state index in [9.17, 15) is 9.59 Å². The van der Waals surface area contributed by atoms with Gasteiger partial charge in [0, 0.05) is 31.7 Å². The average Bonchev–Trinajstić information content (AvgIpc) is 3.55. The third-order valence-corrected chi connectivity index (χ3v) is 6.28. The molecule has 1 aromatic carbocycles. The van der Waals surface area contributed by atoms with Crippen molar-refractivity contribution in [2.45, 2.75) is 45.3 Å². The maximum absolute atomic E-state index is 13.0. The Bertz CT molecular complexity index is 1170. The third kappa shape index (κ3) is 4.55. The lowest BCUT2D eigenvalue weighted by Gasteiger charge is -2.21. The fourth-order valence-corrected chi connectivity index (χ4v) is 4.85. The van der Waals surface area contributed by atoms with E-state index in [1.54, 1.807) is 31.6 Å². The Morgan fingerprint density at radius 1 is 1.00 bits per heavy atom. The molecule has 1 saturated heterocycles. The van der Waals surface area contributed by atoms with E-state index >= 15 is 0 Å². The van der Waals surface area contributed by atoms with Crippen LogP contribution in [-0.4, -0.2) is 61.3 Å². The molecular weight excluding hydrogens is 434 g/mol. The summed E-state index contributed by atoms with van der Waals surface area (Å²) in [5.41, 5.74) is 0.433. The SMILES string of the molecule is CC(C)(C)OC(=O)c1ccn(C(=O)N2CC3CC(Oc4ccccc4-n4cccn4)CC3C2)n1. The number of carbonyl (C=O) groups is 2. The highest BCUT2D eigenvalue weighted by molar-refractivity contribution is 5.88. The first-order valence-electron chi connectivity index (χ1n) is 11.6. The normalized spacial score (nSPS) is 22.0. The number of esters is 1. The quantitative estimate of drug-likeness (QED) is 0.547. The summed E-state index contributed by atoms with van der Waals surface area (Å²) in [7, 11) is 0. The van der Waals surface area contributed by atoms with E-state index in [2.05, 4.69) is 10.2 Å². The second-order valence-corrected chi connectivity index (χ2v) is 9.98. The highest BCUT2D eigenvalue weighted by atomic mass is 16.6. The minimum absolute atomic E-state index is 0.104. The van der Waals surface area contributed by atoms with Gasteiger partial charge in [-0.1, -0.05) is 12.1 Å². The molecule has 3 aromatic rings. The van der Waals surface area contributed by atoms with Crippen LogP contribution in [0.5, 0.6) is 5.75 Å². The van der Waals surface area contributed by atoms with Crippen LogP contribution in [0.2, 0.25) is 0 Å². The summed E-state index contributed by atoms with van der Waals surface area (Å²) in [6.45, 7) is 6.70. The Balaban J connectivity index is 1.19. The molecule has 178 valence electrons. The van der Waals surface area contributed by atoms with Crippen molar-refractivity contribution in [2.75, 3.05) is 13.1 Å².